The first-order chi connectivity index (χ1) is 9.81. The molecule has 1 aromatic carbocycles. The van der Waals surface area contributed by atoms with Crippen molar-refractivity contribution in [3.63, 3.8) is 0 Å². The summed E-state index contributed by atoms with van der Waals surface area (Å²) in [6.07, 6.45) is 0. The zero-order valence-electron chi connectivity index (χ0n) is 11.8. The Balaban J connectivity index is 1.81. The van der Waals surface area contributed by atoms with Gasteiger partial charge in [0.15, 0.2) is 0 Å². The average Bonchev–Trinajstić information content (AvgIpc) is 2.60. The second-order valence-corrected chi connectivity index (χ2v) is 7.23. The van der Waals surface area contributed by atoms with Crippen LogP contribution in [0.2, 0.25) is 10.0 Å². The first kappa shape index (κ1) is 16.5. The second-order valence-electron chi connectivity index (χ2n) is 5.31. The number of halogens is 2. The van der Waals surface area contributed by atoms with E-state index in [-0.39, 0.29) is 11.9 Å². The second kappa shape index (κ2) is 6.46. The summed E-state index contributed by atoms with van der Waals surface area (Å²) in [5.41, 5.74) is 0.262. The number of urea groups is 1. The zero-order valence-corrected chi connectivity index (χ0v) is 14.1. The van der Waals surface area contributed by atoms with Crippen LogP contribution in [0.5, 0.6) is 0 Å². The summed E-state index contributed by atoms with van der Waals surface area (Å²) >= 11 is 13.4. The largest absolute Gasteiger partial charge is 0.325 e. The van der Waals surface area contributed by atoms with Crippen LogP contribution >= 0.6 is 35.0 Å². The monoisotopic (exact) mass is 346 g/mol. The van der Waals surface area contributed by atoms with Crippen LogP contribution in [-0.4, -0.2) is 34.7 Å². The Kier molecular flexibility index (Phi) is 5.07. The number of rotatable bonds is 5. The molecule has 1 fully saturated rings. The van der Waals surface area contributed by atoms with Gasteiger partial charge in [0.2, 0.25) is 0 Å². The van der Waals surface area contributed by atoms with Crippen molar-refractivity contribution in [2.45, 2.75) is 25.1 Å². The van der Waals surface area contributed by atoms with E-state index in [4.69, 9.17) is 23.2 Å². The molecule has 0 saturated carbocycles. The van der Waals surface area contributed by atoms with Crippen molar-refractivity contribution in [1.82, 2.24) is 10.2 Å². The van der Waals surface area contributed by atoms with E-state index in [1.54, 1.807) is 31.7 Å². The molecular formula is C14H16Cl2N2O2S. The third-order valence-electron chi connectivity index (χ3n) is 3.16. The number of carbonyl (C=O) groups is 2. The SMILES string of the molecule is CC1(C)NC(=O)N(CCSCc2ccc(Cl)c(Cl)c2)C1=O. The van der Waals surface area contributed by atoms with Gasteiger partial charge >= 0.3 is 6.03 Å². The smallest absolute Gasteiger partial charge is 0.324 e. The molecule has 4 nitrogen and oxygen atoms in total. The quantitative estimate of drug-likeness (QED) is 0.655. The molecule has 114 valence electrons. The van der Waals surface area contributed by atoms with Gasteiger partial charge in [-0.05, 0) is 31.5 Å². The number of imide groups is 1. The van der Waals surface area contributed by atoms with Crippen LogP contribution in [0, 0.1) is 0 Å². The van der Waals surface area contributed by atoms with Crippen LogP contribution < -0.4 is 5.32 Å². The number of nitrogens with one attached hydrogen (secondary N) is 1. The molecule has 2 rings (SSSR count). The van der Waals surface area contributed by atoms with Crippen LogP contribution in [0.25, 0.3) is 0 Å². The van der Waals surface area contributed by atoms with Gasteiger partial charge in [0.05, 0.1) is 10.0 Å². The predicted octanol–water partition coefficient (Wildman–Crippen LogP) is 3.56. The summed E-state index contributed by atoms with van der Waals surface area (Å²) < 4.78 is 0. The first-order valence-corrected chi connectivity index (χ1v) is 8.38. The summed E-state index contributed by atoms with van der Waals surface area (Å²) in [4.78, 5) is 24.9. The van der Waals surface area contributed by atoms with Crippen LogP contribution in [0.3, 0.4) is 0 Å². The summed E-state index contributed by atoms with van der Waals surface area (Å²) in [7, 11) is 0. The van der Waals surface area contributed by atoms with E-state index < -0.39 is 5.54 Å². The van der Waals surface area contributed by atoms with Crippen molar-refractivity contribution < 1.29 is 9.59 Å². The van der Waals surface area contributed by atoms with Gasteiger partial charge in [-0.2, -0.15) is 11.8 Å². The Morgan fingerprint density at radius 2 is 1.95 bits per heavy atom. The molecule has 0 aromatic heterocycles. The van der Waals surface area contributed by atoms with Gasteiger partial charge in [0.1, 0.15) is 5.54 Å². The van der Waals surface area contributed by atoms with E-state index >= 15 is 0 Å². The number of hydrogen-bond donors (Lipinski definition) is 1. The Morgan fingerprint density at radius 3 is 2.52 bits per heavy atom. The number of carbonyl (C=O) groups excluding carboxylic acids is 2. The number of hydrogen-bond acceptors (Lipinski definition) is 3. The van der Waals surface area contributed by atoms with Crippen LogP contribution in [0.1, 0.15) is 19.4 Å². The van der Waals surface area contributed by atoms with Gasteiger partial charge in [-0.15, -0.1) is 0 Å². The fourth-order valence-corrected chi connectivity index (χ4v) is 3.19. The summed E-state index contributed by atoms with van der Waals surface area (Å²) in [5, 5.41) is 3.73. The highest BCUT2D eigenvalue weighted by Crippen LogP contribution is 2.25. The molecule has 0 aliphatic carbocycles. The normalized spacial score (nSPS) is 17.2. The van der Waals surface area contributed by atoms with Crippen molar-refractivity contribution in [2.75, 3.05) is 12.3 Å². The lowest BCUT2D eigenvalue weighted by molar-refractivity contribution is -0.130. The molecule has 1 aliphatic heterocycles. The van der Waals surface area contributed by atoms with Gasteiger partial charge in [-0.1, -0.05) is 29.3 Å². The third kappa shape index (κ3) is 3.84. The molecule has 21 heavy (non-hydrogen) atoms. The number of nitrogens with zero attached hydrogens (tertiary/aromatic N) is 1. The molecule has 1 heterocycles. The number of benzene rings is 1. The highest BCUT2D eigenvalue weighted by molar-refractivity contribution is 7.98. The standard InChI is InChI=1S/C14H16Cl2N2O2S/c1-14(2)12(19)18(13(20)17-14)5-6-21-8-9-3-4-10(15)11(16)7-9/h3-4,7H,5-6,8H2,1-2H3,(H,17,20). The Bertz CT molecular complexity index is 578. The molecule has 1 aromatic rings. The Morgan fingerprint density at radius 1 is 1.24 bits per heavy atom. The van der Waals surface area contributed by atoms with Crippen molar-refractivity contribution >= 4 is 46.9 Å². The minimum atomic E-state index is -0.800. The Labute approximate surface area is 138 Å². The maximum absolute atomic E-state index is 12.0. The molecular weight excluding hydrogens is 331 g/mol. The summed E-state index contributed by atoms with van der Waals surface area (Å²) in [6.45, 7) is 3.81. The van der Waals surface area contributed by atoms with Crippen molar-refractivity contribution in [1.29, 1.82) is 0 Å². The predicted molar refractivity (Wildman–Crippen MR) is 86.9 cm³/mol. The van der Waals surface area contributed by atoms with Crippen LogP contribution in [0.15, 0.2) is 18.2 Å². The van der Waals surface area contributed by atoms with Gasteiger partial charge in [-0.25, -0.2) is 4.79 Å². The van der Waals surface area contributed by atoms with Crippen LogP contribution in [-0.2, 0) is 10.5 Å². The molecule has 0 spiro atoms. The fraction of sp³-hybridized carbons (Fsp3) is 0.429. The van der Waals surface area contributed by atoms with E-state index in [9.17, 15) is 9.59 Å². The lowest BCUT2D eigenvalue weighted by Gasteiger charge is -2.15. The fourth-order valence-electron chi connectivity index (χ4n) is 2.00. The van der Waals surface area contributed by atoms with E-state index in [1.165, 1.54) is 4.90 Å². The molecule has 0 unspecified atom stereocenters. The number of thioether (sulfide) groups is 1. The zero-order chi connectivity index (χ0) is 15.6. The maximum Gasteiger partial charge on any atom is 0.325 e. The van der Waals surface area contributed by atoms with Crippen molar-refractivity contribution in [3.05, 3.63) is 33.8 Å². The molecule has 7 heteroatoms. The van der Waals surface area contributed by atoms with E-state index in [0.717, 1.165) is 11.3 Å². The van der Waals surface area contributed by atoms with Gasteiger partial charge in [0.25, 0.3) is 5.91 Å². The highest BCUT2D eigenvalue weighted by Gasteiger charge is 2.43. The number of amides is 3. The van der Waals surface area contributed by atoms with Crippen LogP contribution in [0.4, 0.5) is 4.79 Å². The maximum atomic E-state index is 12.0. The Hall–Kier alpha value is -0.910. The van der Waals surface area contributed by atoms with E-state index in [1.807, 2.05) is 12.1 Å². The molecule has 1 N–H and O–H groups in total. The van der Waals surface area contributed by atoms with Gasteiger partial charge in [0, 0.05) is 18.1 Å². The molecule has 3 amide bonds. The molecule has 1 aliphatic rings. The van der Waals surface area contributed by atoms with Gasteiger partial charge < -0.3 is 5.32 Å². The van der Waals surface area contributed by atoms with E-state index in [2.05, 4.69) is 5.32 Å². The molecule has 0 atom stereocenters. The first-order valence-electron chi connectivity index (χ1n) is 6.47. The minimum absolute atomic E-state index is 0.178. The molecule has 0 radical (unpaired) electrons. The van der Waals surface area contributed by atoms with E-state index in [0.29, 0.717) is 22.3 Å². The lowest BCUT2D eigenvalue weighted by Crippen LogP contribution is -2.40. The summed E-state index contributed by atoms with van der Waals surface area (Å²) in [6, 6.07) is 5.19. The molecule has 0 bridgehead atoms. The van der Waals surface area contributed by atoms with Crippen molar-refractivity contribution in [2.24, 2.45) is 0 Å². The summed E-state index contributed by atoms with van der Waals surface area (Å²) in [5.74, 6) is 1.25. The van der Waals surface area contributed by atoms with Crippen molar-refractivity contribution in [3.8, 4) is 0 Å². The topological polar surface area (TPSA) is 49.4 Å². The van der Waals surface area contributed by atoms with Gasteiger partial charge in [-0.3, -0.25) is 9.69 Å². The lowest BCUT2D eigenvalue weighted by atomic mass is 10.1. The minimum Gasteiger partial charge on any atom is -0.324 e. The molecule has 1 saturated heterocycles. The third-order valence-corrected chi connectivity index (χ3v) is 4.90. The highest BCUT2D eigenvalue weighted by atomic mass is 35.5. The average molecular weight is 347 g/mol.